The number of rotatable bonds is 6. The number of nitrogens with two attached hydrogens (primary N) is 1. The highest BCUT2D eigenvalue weighted by Crippen LogP contribution is 2.09. The fourth-order valence-electron chi connectivity index (χ4n) is 2.00. The van der Waals surface area contributed by atoms with Crippen LogP contribution in [0.2, 0.25) is 0 Å². The fourth-order valence-corrected chi connectivity index (χ4v) is 2.00. The zero-order chi connectivity index (χ0) is 14.5. The molecule has 0 saturated heterocycles. The van der Waals surface area contributed by atoms with E-state index >= 15 is 0 Å². The van der Waals surface area contributed by atoms with Gasteiger partial charge in [-0.2, -0.15) is 5.10 Å². The van der Waals surface area contributed by atoms with Crippen LogP contribution in [0.25, 0.3) is 0 Å². The maximum Gasteiger partial charge on any atom is 0.170 e. The van der Waals surface area contributed by atoms with Crippen molar-refractivity contribution < 1.29 is 4.79 Å². The van der Waals surface area contributed by atoms with Gasteiger partial charge in [0.25, 0.3) is 0 Å². The zero-order valence-electron chi connectivity index (χ0n) is 11.9. The largest absolute Gasteiger partial charge is 0.326 e. The van der Waals surface area contributed by atoms with E-state index in [0.717, 1.165) is 12.1 Å². The molecule has 0 radical (unpaired) electrons. The fraction of sp³-hybridized carbons (Fsp3) is 0.400. The van der Waals surface area contributed by atoms with Crippen molar-refractivity contribution in [2.24, 2.45) is 11.7 Å². The van der Waals surface area contributed by atoms with Crippen molar-refractivity contribution in [3.63, 3.8) is 0 Å². The molecule has 0 aliphatic rings. The molecule has 0 amide bonds. The van der Waals surface area contributed by atoms with Crippen LogP contribution < -0.4 is 5.73 Å². The molecule has 20 heavy (non-hydrogen) atoms. The van der Waals surface area contributed by atoms with Crippen LogP contribution in [0.5, 0.6) is 0 Å². The van der Waals surface area contributed by atoms with E-state index in [-0.39, 0.29) is 12.2 Å². The van der Waals surface area contributed by atoms with Crippen LogP contribution in [-0.2, 0) is 19.5 Å². The van der Waals surface area contributed by atoms with Gasteiger partial charge in [-0.25, -0.2) is 9.67 Å². The highest BCUT2D eigenvalue weighted by atomic mass is 16.1. The number of carbonyl (C=O) groups is 1. The summed E-state index contributed by atoms with van der Waals surface area (Å²) in [6.45, 7) is 5.48. The van der Waals surface area contributed by atoms with Crippen LogP contribution in [-0.4, -0.2) is 20.5 Å². The molecule has 106 valence electrons. The number of ketones is 1. The van der Waals surface area contributed by atoms with E-state index in [0.29, 0.717) is 23.9 Å². The third kappa shape index (κ3) is 3.51. The van der Waals surface area contributed by atoms with Gasteiger partial charge in [0, 0.05) is 18.7 Å². The molecule has 5 heteroatoms. The van der Waals surface area contributed by atoms with Gasteiger partial charge in [0.15, 0.2) is 5.78 Å². The SMILES string of the molecule is CC(C)Cn1ncnc1CC(=O)c1ccc(CN)cc1. The van der Waals surface area contributed by atoms with Crippen molar-refractivity contribution in [1.82, 2.24) is 14.8 Å². The number of hydrogen-bond acceptors (Lipinski definition) is 4. The summed E-state index contributed by atoms with van der Waals surface area (Å²) in [7, 11) is 0. The van der Waals surface area contributed by atoms with Gasteiger partial charge in [0.2, 0.25) is 0 Å². The summed E-state index contributed by atoms with van der Waals surface area (Å²) < 4.78 is 1.80. The Hall–Kier alpha value is -2.01. The third-order valence-electron chi connectivity index (χ3n) is 3.06. The molecule has 2 rings (SSSR count). The Balaban J connectivity index is 2.09. The van der Waals surface area contributed by atoms with Crippen molar-refractivity contribution in [2.75, 3.05) is 0 Å². The van der Waals surface area contributed by atoms with E-state index in [9.17, 15) is 4.79 Å². The van der Waals surface area contributed by atoms with E-state index in [1.54, 1.807) is 4.68 Å². The second-order valence-electron chi connectivity index (χ2n) is 5.25. The molecule has 0 atom stereocenters. The summed E-state index contributed by atoms with van der Waals surface area (Å²) >= 11 is 0. The predicted octanol–water partition coefficient (Wildman–Crippen LogP) is 1.82. The van der Waals surface area contributed by atoms with E-state index < -0.39 is 0 Å². The monoisotopic (exact) mass is 272 g/mol. The Kier molecular flexibility index (Phi) is 4.63. The molecule has 0 spiro atoms. The molecule has 2 N–H and O–H groups in total. The van der Waals surface area contributed by atoms with Gasteiger partial charge in [-0.05, 0) is 11.5 Å². The number of hydrogen-bond donors (Lipinski definition) is 1. The third-order valence-corrected chi connectivity index (χ3v) is 3.06. The van der Waals surface area contributed by atoms with Crippen molar-refractivity contribution >= 4 is 5.78 Å². The average molecular weight is 272 g/mol. The molecular formula is C15H20N4O. The van der Waals surface area contributed by atoms with Gasteiger partial charge in [-0.1, -0.05) is 38.1 Å². The van der Waals surface area contributed by atoms with E-state index in [2.05, 4.69) is 23.9 Å². The number of aromatic nitrogens is 3. The Bertz CT molecular complexity index is 572. The van der Waals surface area contributed by atoms with Gasteiger partial charge < -0.3 is 5.73 Å². The lowest BCUT2D eigenvalue weighted by Crippen LogP contribution is -2.14. The average Bonchev–Trinajstić information content (AvgIpc) is 2.85. The topological polar surface area (TPSA) is 73.8 Å². The first-order valence-corrected chi connectivity index (χ1v) is 6.79. The quantitative estimate of drug-likeness (QED) is 0.814. The second kappa shape index (κ2) is 6.43. The van der Waals surface area contributed by atoms with Crippen LogP contribution in [0.15, 0.2) is 30.6 Å². The molecular weight excluding hydrogens is 252 g/mol. The number of nitrogens with zero attached hydrogens (tertiary/aromatic N) is 3. The first-order valence-electron chi connectivity index (χ1n) is 6.79. The molecule has 1 aromatic carbocycles. The Labute approximate surface area is 118 Å². The van der Waals surface area contributed by atoms with Crippen LogP contribution >= 0.6 is 0 Å². The second-order valence-corrected chi connectivity index (χ2v) is 5.25. The minimum atomic E-state index is 0.0478. The van der Waals surface area contributed by atoms with E-state index in [1.807, 2.05) is 24.3 Å². The Morgan fingerprint density at radius 1 is 1.30 bits per heavy atom. The minimum Gasteiger partial charge on any atom is -0.326 e. The summed E-state index contributed by atoms with van der Waals surface area (Å²) in [5, 5.41) is 4.17. The van der Waals surface area contributed by atoms with Gasteiger partial charge in [0.05, 0.1) is 6.42 Å². The summed E-state index contributed by atoms with van der Waals surface area (Å²) in [6.07, 6.45) is 1.78. The van der Waals surface area contributed by atoms with Gasteiger partial charge in [-0.3, -0.25) is 4.79 Å². The van der Waals surface area contributed by atoms with Crippen molar-refractivity contribution in [3.8, 4) is 0 Å². The number of benzene rings is 1. The van der Waals surface area contributed by atoms with E-state index in [1.165, 1.54) is 6.33 Å². The van der Waals surface area contributed by atoms with Crippen molar-refractivity contribution in [1.29, 1.82) is 0 Å². The van der Waals surface area contributed by atoms with Gasteiger partial charge in [0.1, 0.15) is 12.2 Å². The first-order chi connectivity index (χ1) is 9.60. The van der Waals surface area contributed by atoms with E-state index in [4.69, 9.17) is 5.73 Å². The predicted molar refractivity (Wildman–Crippen MR) is 77.2 cm³/mol. The molecule has 2 aromatic rings. The highest BCUT2D eigenvalue weighted by Gasteiger charge is 2.12. The Morgan fingerprint density at radius 2 is 2.00 bits per heavy atom. The molecule has 1 heterocycles. The maximum absolute atomic E-state index is 12.2. The number of Topliss-reactive ketones (excluding diaryl/α,β-unsaturated/α-hetero) is 1. The summed E-state index contributed by atoms with van der Waals surface area (Å²) in [4.78, 5) is 16.4. The normalized spacial score (nSPS) is 11.0. The van der Waals surface area contributed by atoms with Crippen molar-refractivity contribution in [2.45, 2.75) is 33.4 Å². The Morgan fingerprint density at radius 3 is 2.60 bits per heavy atom. The molecule has 0 unspecified atom stereocenters. The highest BCUT2D eigenvalue weighted by molar-refractivity contribution is 5.97. The maximum atomic E-state index is 12.2. The molecule has 0 fully saturated rings. The van der Waals surface area contributed by atoms with Crippen LogP contribution in [0, 0.1) is 5.92 Å². The summed E-state index contributed by atoms with van der Waals surface area (Å²) in [5.74, 6) is 1.23. The van der Waals surface area contributed by atoms with Crippen LogP contribution in [0.3, 0.4) is 0 Å². The minimum absolute atomic E-state index is 0.0478. The molecule has 0 aliphatic carbocycles. The smallest absolute Gasteiger partial charge is 0.170 e. The molecule has 1 aromatic heterocycles. The number of carbonyl (C=O) groups excluding carboxylic acids is 1. The van der Waals surface area contributed by atoms with Gasteiger partial charge >= 0.3 is 0 Å². The van der Waals surface area contributed by atoms with Crippen LogP contribution in [0.1, 0.15) is 35.6 Å². The van der Waals surface area contributed by atoms with Crippen molar-refractivity contribution in [3.05, 3.63) is 47.5 Å². The molecule has 0 aliphatic heterocycles. The molecule has 0 bridgehead atoms. The lowest BCUT2D eigenvalue weighted by atomic mass is 10.1. The summed E-state index contributed by atoms with van der Waals surface area (Å²) in [6, 6.07) is 7.39. The summed E-state index contributed by atoms with van der Waals surface area (Å²) in [5.41, 5.74) is 7.25. The lowest BCUT2D eigenvalue weighted by Gasteiger charge is -2.08. The van der Waals surface area contributed by atoms with Crippen LogP contribution in [0.4, 0.5) is 0 Å². The lowest BCUT2D eigenvalue weighted by molar-refractivity contribution is 0.0989. The first kappa shape index (κ1) is 14.4. The molecule has 0 saturated carbocycles. The molecule has 5 nitrogen and oxygen atoms in total. The zero-order valence-corrected chi connectivity index (χ0v) is 11.9. The standard InChI is InChI=1S/C15H20N4O/c1-11(2)9-19-15(17-10-18-19)7-14(20)13-5-3-12(8-16)4-6-13/h3-6,10-11H,7-9,16H2,1-2H3. The van der Waals surface area contributed by atoms with Gasteiger partial charge in [-0.15, -0.1) is 0 Å².